The molecule has 0 spiro atoms. The van der Waals surface area contributed by atoms with Gasteiger partial charge in [-0.3, -0.25) is 4.90 Å². The number of nitrogens with zero attached hydrogens (tertiary/aromatic N) is 3. The summed E-state index contributed by atoms with van der Waals surface area (Å²) in [6.45, 7) is 8.48. The Hall–Kier alpha value is -2.41. The van der Waals surface area contributed by atoms with Gasteiger partial charge in [0.15, 0.2) is 0 Å². The van der Waals surface area contributed by atoms with Crippen LogP contribution in [0, 0.1) is 5.92 Å². The highest BCUT2D eigenvalue weighted by molar-refractivity contribution is 5.88. The smallest absolute Gasteiger partial charge is 0.416 e. The topological polar surface area (TPSA) is 83.0 Å². The standard InChI is InChI=1S/C24H35N3O4/c1-24(2,3)31-23(30)27(21-11-9-18(15-25-21)10-12-22(28)29)20-13-14-26(17-20)16-19-7-5-4-6-8-19/h9-12,15,19-20H,4-8,13-14,16-17H2,1-3H3,(H,28,29)/t20-/m1/s1. The Kier molecular flexibility index (Phi) is 7.70. The minimum atomic E-state index is -1.01. The van der Waals surface area contributed by atoms with Gasteiger partial charge >= 0.3 is 12.1 Å². The van der Waals surface area contributed by atoms with Crippen molar-refractivity contribution in [2.45, 2.75) is 70.9 Å². The summed E-state index contributed by atoms with van der Waals surface area (Å²) in [7, 11) is 0. The second-order valence-electron chi connectivity index (χ2n) is 9.68. The molecule has 2 fully saturated rings. The van der Waals surface area contributed by atoms with E-state index in [4.69, 9.17) is 9.84 Å². The van der Waals surface area contributed by atoms with Crippen molar-refractivity contribution in [2.75, 3.05) is 24.5 Å². The number of hydrogen-bond donors (Lipinski definition) is 1. The van der Waals surface area contributed by atoms with Gasteiger partial charge in [0.1, 0.15) is 11.4 Å². The zero-order valence-electron chi connectivity index (χ0n) is 18.9. The monoisotopic (exact) mass is 429 g/mol. The van der Waals surface area contributed by atoms with E-state index in [2.05, 4.69) is 9.88 Å². The number of pyridine rings is 1. The molecule has 1 amide bonds. The van der Waals surface area contributed by atoms with E-state index in [1.54, 1.807) is 23.2 Å². The fourth-order valence-corrected chi connectivity index (χ4v) is 4.47. The van der Waals surface area contributed by atoms with Gasteiger partial charge in [0.2, 0.25) is 0 Å². The Morgan fingerprint density at radius 3 is 2.58 bits per heavy atom. The van der Waals surface area contributed by atoms with Gasteiger partial charge in [-0.25, -0.2) is 14.6 Å². The van der Waals surface area contributed by atoms with Crippen molar-refractivity contribution in [3.05, 3.63) is 30.0 Å². The van der Waals surface area contributed by atoms with Crippen molar-refractivity contribution in [1.82, 2.24) is 9.88 Å². The Labute approximate surface area is 185 Å². The van der Waals surface area contributed by atoms with E-state index in [-0.39, 0.29) is 6.04 Å². The van der Waals surface area contributed by atoms with Crippen molar-refractivity contribution >= 4 is 24.0 Å². The maximum absolute atomic E-state index is 13.1. The number of amides is 1. The summed E-state index contributed by atoms with van der Waals surface area (Å²) in [5.41, 5.74) is 0.0699. The molecule has 1 N–H and O–H groups in total. The molecule has 170 valence electrons. The van der Waals surface area contributed by atoms with Gasteiger partial charge < -0.3 is 14.7 Å². The molecule has 7 nitrogen and oxygen atoms in total. The van der Waals surface area contributed by atoms with E-state index in [1.165, 1.54) is 38.2 Å². The lowest BCUT2D eigenvalue weighted by Crippen LogP contribution is -2.45. The highest BCUT2D eigenvalue weighted by Crippen LogP contribution is 2.28. The Bertz CT molecular complexity index is 779. The summed E-state index contributed by atoms with van der Waals surface area (Å²) in [6, 6.07) is 3.54. The number of ether oxygens (including phenoxy) is 1. The molecule has 1 aromatic rings. The van der Waals surface area contributed by atoms with Crippen molar-refractivity contribution < 1.29 is 19.4 Å². The molecular formula is C24H35N3O4. The van der Waals surface area contributed by atoms with Crippen molar-refractivity contribution in [2.24, 2.45) is 5.92 Å². The third kappa shape index (κ3) is 7.06. The van der Waals surface area contributed by atoms with E-state index < -0.39 is 17.7 Å². The normalized spacial score (nSPS) is 20.8. The lowest BCUT2D eigenvalue weighted by atomic mass is 9.89. The van der Waals surface area contributed by atoms with Crippen LogP contribution >= 0.6 is 0 Å². The van der Waals surface area contributed by atoms with Crippen LogP contribution < -0.4 is 4.90 Å². The van der Waals surface area contributed by atoms with Crippen LogP contribution in [-0.2, 0) is 9.53 Å². The van der Waals surface area contributed by atoms with Gasteiger partial charge in [-0.1, -0.05) is 19.3 Å². The predicted octanol–water partition coefficient (Wildman–Crippen LogP) is 4.58. The zero-order valence-corrected chi connectivity index (χ0v) is 18.9. The Morgan fingerprint density at radius 1 is 1.23 bits per heavy atom. The van der Waals surface area contributed by atoms with Crippen LogP contribution in [0.1, 0.15) is 64.9 Å². The second kappa shape index (κ2) is 10.3. The molecule has 3 rings (SSSR count). The highest BCUT2D eigenvalue weighted by Gasteiger charge is 2.35. The average Bonchev–Trinajstić information content (AvgIpc) is 3.14. The quantitative estimate of drug-likeness (QED) is 0.667. The number of hydrogen-bond acceptors (Lipinski definition) is 5. The van der Waals surface area contributed by atoms with Crippen molar-refractivity contribution in [1.29, 1.82) is 0 Å². The van der Waals surface area contributed by atoms with Gasteiger partial charge in [-0.15, -0.1) is 0 Å². The fraction of sp³-hybridized carbons (Fsp3) is 0.625. The largest absolute Gasteiger partial charge is 0.478 e. The molecule has 2 heterocycles. The minimum Gasteiger partial charge on any atom is -0.478 e. The Morgan fingerprint density at radius 2 is 1.97 bits per heavy atom. The van der Waals surface area contributed by atoms with Crippen LogP contribution in [0.4, 0.5) is 10.6 Å². The first-order valence-corrected chi connectivity index (χ1v) is 11.3. The molecule has 1 saturated carbocycles. The number of anilines is 1. The molecule has 1 atom stereocenters. The van der Waals surface area contributed by atoms with Crippen LogP contribution in [-0.4, -0.2) is 58.3 Å². The van der Waals surface area contributed by atoms with E-state index in [0.717, 1.165) is 38.0 Å². The highest BCUT2D eigenvalue weighted by atomic mass is 16.6. The SMILES string of the molecule is CC(C)(C)OC(=O)N(c1ccc(C=CC(=O)O)cn1)[C@@H]1CCN(CC2CCCCC2)C1. The first-order valence-electron chi connectivity index (χ1n) is 11.3. The summed E-state index contributed by atoms with van der Waals surface area (Å²) in [4.78, 5) is 32.4. The molecule has 7 heteroatoms. The lowest BCUT2D eigenvalue weighted by molar-refractivity contribution is -0.131. The van der Waals surface area contributed by atoms with Crippen molar-refractivity contribution in [3.63, 3.8) is 0 Å². The van der Waals surface area contributed by atoms with Crippen LogP contribution in [0.5, 0.6) is 0 Å². The van der Waals surface area contributed by atoms with Gasteiger partial charge in [0.05, 0.1) is 6.04 Å². The average molecular weight is 430 g/mol. The van der Waals surface area contributed by atoms with E-state index >= 15 is 0 Å². The lowest BCUT2D eigenvalue weighted by Gasteiger charge is -2.31. The maximum Gasteiger partial charge on any atom is 0.416 e. The number of aromatic nitrogens is 1. The number of carboxylic acids is 1. The van der Waals surface area contributed by atoms with Gasteiger partial charge in [0.25, 0.3) is 0 Å². The summed E-state index contributed by atoms with van der Waals surface area (Å²) >= 11 is 0. The van der Waals surface area contributed by atoms with Crippen LogP contribution in [0.15, 0.2) is 24.4 Å². The molecule has 0 aromatic carbocycles. The number of carboxylic acid groups (broad SMARTS) is 1. The molecule has 1 aromatic heterocycles. The zero-order chi connectivity index (χ0) is 22.4. The minimum absolute atomic E-state index is 0.00588. The van der Waals surface area contributed by atoms with E-state index in [9.17, 15) is 9.59 Å². The molecule has 0 bridgehead atoms. The fourth-order valence-electron chi connectivity index (χ4n) is 4.47. The summed E-state index contributed by atoms with van der Waals surface area (Å²) in [5.74, 6) is 0.288. The Balaban J connectivity index is 1.73. The number of likely N-dealkylation sites (tertiary alicyclic amines) is 1. The molecule has 1 saturated heterocycles. The first kappa shape index (κ1) is 23.3. The third-order valence-corrected chi connectivity index (χ3v) is 5.88. The molecule has 2 aliphatic rings. The number of rotatable bonds is 6. The van der Waals surface area contributed by atoms with Gasteiger partial charge in [0, 0.05) is 31.9 Å². The van der Waals surface area contributed by atoms with Crippen LogP contribution in [0.3, 0.4) is 0 Å². The molecule has 1 aliphatic carbocycles. The van der Waals surface area contributed by atoms with E-state index in [1.807, 2.05) is 20.8 Å². The molecule has 31 heavy (non-hydrogen) atoms. The summed E-state index contributed by atoms with van der Waals surface area (Å²) < 4.78 is 5.70. The predicted molar refractivity (Wildman–Crippen MR) is 121 cm³/mol. The maximum atomic E-state index is 13.1. The van der Waals surface area contributed by atoms with Crippen molar-refractivity contribution in [3.8, 4) is 0 Å². The molecular weight excluding hydrogens is 394 g/mol. The number of aliphatic carboxylic acids is 1. The van der Waals surface area contributed by atoms with Crippen LogP contribution in [0.2, 0.25) is 0 Å². The number of carbonyl (C=O) groups excluding carboxylic acids is 1. The summed E-state index contributed by atoms with van der Waals surface area (Å²) in [5, 5.41) is 8.80. The van der Waals surface area contributed by atoms with E-state index in [0.29, 0.717) is 11.4 Å². The van der Waals surface area contributed by atoms with Gasteiger partial charge in [-0.2, -0.15) is 0 Å². The second-order valence-corrected chi connectivity index (χ2v) is 9.68. The molecule has 0 unspecified atom stereocenters. The van der Waals surface area contributed by atoms with Crippen LogP contribution in [0.25, 0.3) is 6.08 Å². The molecule has 0 radical (unpaired) electrons. The number of carbonyl (C=O) groups is 2. The third-order valence-electron chi connectivity index (χ3n) is 5.88. The summed E-state index contributed by atoms with van der Waals surface area (Å²) in [6.07, 6.45) is 11.3. The first-order chi connectivity index (χ1) is 14.7. The van der Waals surface area contributed by atoms with Gasteiger partial charge in [-0.05, 0) is 69.7 Å². The molecule has 1 aliphatic heterocycles.